The first-order valence-electron chi connectivity index (χ1n) is 14.6. The van der Waals surface area contributed by atoms with E-state index in [2.05, 4.69) is 146 Å². The van der Waals surface area contributed by atoms with Crippen LogP contribution in [0.3, 0.4) is 0 Å². The Hall–Kier alpha value is -5.40. The Balaban J connectivity index is 1.31. The second-order valence-corrected chi connectivity index (χ2v) is 11.6. The van der Waals surface area contributed by atoms with Crippen molar-refractivity contribution in [2.75, 3.05) is 0 Å². The standard InChI is InChI=1S/C41H24O/c1-4-20-33-26(13-1)27-14-2-5-21-34(27)41(33)35-22-6-3-15-32(35)39-29(17-10-23-36(39)41)31-19-9-18-30-28-16-7-11-25-12-8-24-37(38(25)28)42-40(30)31/h1-24H. The van der Waals surface area contributed by atoms with Crippen LogP contribution in [0.25, 0.3) is 55.3 Å². The molecule has 1 nitrogen and oxygen atoms in total. The molecule has 0 saturated heterocycles. The molecule has 0 bridgehead atoms. The molecule has 1 heteroatoms. The molecule has 0 saturated carbocycles. The topological polar surface area (TPSA) is 9.23 Å². The van der Waals surface area contributed by atoms with Gasteiger partial charge in [0.25, 0.3) is 0 Å². The van der Waals surface area contributed by atoms with E-state index < -0.39 is 0 Å². The number of ether oxygens (including phenoxy) is 1. The molecular weight excluding hydrogens is 508 g/mol. The van der Waals surface area contributed by atoms with Crippen molar-refractivity contribution < 1.29 is 4.74 Å². The molecule has 2 aliphatic carbocycles. The fourth-order valence-electron chi connectivity index (χ4n) is 8.17. The molecule has 42 heavy (non-hydrogen) atoms. The number of para-hydroxylation sites is 1. The van der Waals surface area contributed by atoms with Crippen molar-refractivity contribution in [3.05, 3.63) is 168 Å². The van der Waals surface area contributed by atoms with Crippen LogP contribution in [0.2, 0.25) is 0 Å². The first-order chi connectivity index (χ1) is 20.9. The first kappa shape index (κ1) is 22.3. The molecule has 1 heterocycles. The van der Waals surface area contributed by atoms with Crippen LogP contribution in [0.5, 0.6) is 11.5 Å². The van der Waals surface area contributed by atoms with Gasteiger partial charge in [-0.05, 0) is 67.1 Å². The van der Waals surface area contributed by atoms with Gasteiger partial charge >= 0.3 is 0 Å². The summed E-state index contributed by atoms with van der Waals surface area (Å²) in [6.07, 6.45) is 0. The third-order valence-corrected chi connectivity index (χ3v) is 9.70. The minimum absolute atomic E-state index is 0.358. The van der Waals surface area contributed by atoms with E-state index in [9.17, 15) is 0 Å². The Morgan fingerprint density at radius 2 is 0.833 bits per heavy atom. The number of fused-ring (bicyclic) bond motifs is 12. The van der Waals surface area contributed by atoms with E-state index in [1.165, 1.54) is 66.4 Å². The monoisotopic (exact) mass is 532 g/mol. The maximum atomic E-state index is 6.81. The molecule has 0 atom stereocenters. The zero-order chi connectivity index (χ0) is 27.4. The van der Waals surface area contributed by atoms with E-state index in [0.29, 0.717) is 0 Å². The maximum absolute atomic E-state index is 6.81. The molecule has 10 rings (SSSR count). The summed E-state index contributed by atoms with van der Waals surface area (Å²) in [6, 6.07) is 53.3. The first-order valence-corrected chi connectivity index (χ1v) is 14.6. The van der Waals surface area contributed by atoms with Gasteiger partial charge in [-0.25, -0.2) is 0 Å². The van der Waals surface area contributed by atoms with Gasteiger partial charge in [0.05, 0.1) is 5.41 Å². The molecule has 0 fully saturated rings. The molecule has 1 aliphatic heterocycles. The van der Waals surface area contributed by atoms with Gasteiger partial charge in [0.1, 0.15) is 11.5 Å². The van der Waals surface area contributed by atoms with Crippen LogP contribution in [0.15, 0.2) is 146 Å². The lowest BCUT2D eigenvalue weighted by Gasteiger charge is -2.30. The molecule has 0 unspecified atom stereocenters. The maximum Gasteiger partial charge on any atom is 0.143 e. The Morgan fingerprint density at radius 3 is 1.57 bits per heavy atom. The van der Waals surface area contributed by atoms with Gasteiger partial charge < -0.3 is 4.74 Å². The summed E-state index contributed by atoms with van der Waals surface area (Å²) in [5.41, 5.74) is 15.0. The van der Waals surface area contributed by atoms with Crippen LogP contribution in [-0.2, 0) is 5.41 Å². The van der Waals surface area contributed by atoms with Gasteiger partial charge in [0.2, 0.25) is 0 Å². The minimum Gasteiger partial charge on any atom is -0.455 e. The van der Waals surface area contributed by atoms with E-state index >= 15 is 0 Å². The second kappa shape index (κ2) is 7.87. The highest BCUT2D eigenvalue weighted by atomic mass is 16.5. The van der Waals surface area contributed by atoms with Crippen molar-refractivity contribution in [1.82, 2.24) is 0 Å². The molecule has 3 aliphatic rings. The summed E-state index contributed by atoms with van der Waals surface area (Å²) >= 11 is 0. The number of benzene rings is 7. The van der Waals surface area contributed by atoms with Gasteiger partial charge in [-0.2, -0.15) is 0 Å². The summed E-state index contributed by atoms with van der Waals surface area (Å²) in [5, 5.41) is 2.39. The summed E-state index contributed by atoms with van der Waals surface area (Å²) in [4.78, 5) is 0. The molecule has 0 N–H and O–H groups in total. The zero-order valence-corrected chi connectivity index (χ0v) is 22.8. The summed E-state index contributed by atoms with van der Waals surface area (Å²) < 4.78 is 6.81. The van der Waals surface area contributed by atoms with E-state index in [1.807, 2.05) is 0 Å². The van der Waals surface area contributed by atoms with Crippen LogP contribution in [0.1, 0.15) is 22.3 Å². The van der Waals surface area contributed by atoms with Crippen LogP contribution in [0, 0.1) is 0 Å². The quantitative estimate of drug-likeness (QED) is 0.204. The highest BCUT2D eigenvalue weighted by molar-refractivity contribution is 6.07. The minimum atomic E-state index is -0.358. The van der Waals surface area contributed by atoms with Crippen LogP contribution in [-0.4, -0.2) is 0 Å². The molecule has 7 aromatic rings. The van der Waals surface area contributed by atoms with Crippen molar-refractivity contribution in [1.29, 1.82) is 0 Å². The van der Waals surface area contributed by atoms with Crippen molar-refractivity contribution >= 4 is 10.8 Å². The largest absolute Gasteiger partial charge is 0.455 e. The van der Waals surface area contributed by atoms with Gasteiger partial charge in [0.15, 0.2) is 0 Å². The lowest BCUT2D eigenvalue weighted by Crippen LogP contribution is -2.25. The Kier molecular flexibility index (Phi) is 4.18. The summed E-state index contributed by atoms with van der Waals surface area (Å²) in [6.45, 7) is 0. The van der Waals surface area contributed by atoms with Gasteiger partial charge in [-0.3, -0.25) is 0 Å². The van der Waals surface area contributed by atoms with Crippen LogP contribution in [0.4, 0.5) is 0 Å². The molecule has 0 radical (unpaired) electrons. The predicted octanol–water partition coefficient (Wildman–Crippen LogP) is 10.6. The summed E-state index contributed by atoms with van der Waals surface area (Å²) in [5.74, 6) is 1.86. The van der Waals surface area contributed by atoms with E-state index in [0.717, 1.165) is 22.6 Å². The summed E-state index contributed by atoms with van der Waals surface area (Å²) in [7, 11) is 0. The Bertz CT molecular complexity index is 2240. The third kappa shape index (κ3) is 2.56. The third-order valence-electron chi connectivity index (χ3n) is 9.70. The second-order valence-electron chi connectivity index (χ2n) is 11.6. The molecule has 7 aromatic carbocycles. The van der Waals surface area contributed by atoms with Crippen molar-refractivity contribution in [2.24, 2.45) is 0 Å². The molecule has 0 aromatic heterocycles. The Labute approximate surface area is 244 Å². The zero-order valence-electron chi connectivity index (χ0n) is 22.8. The van der Waals surface area contributed by atoms with E-state index in [4.69, 9.17) is 4.74 Å². The van der Waals surface area contributed by atoms with E-state index in [1.54, 1.807) is 0 Å². The fraction of sp³-hybridized carbons (Fsp3) is 0.0244. The molecule has 194 valence electrons. The predicted molar refractivity (Wildman–Crippen MR) is 171 cm³/mol. The van der Waals surface area contributed by atoms with Gasteiger partial charge in [-0.15, -0.1) is 0 Å². The number of rotatable bonds is 1. The SMILES string of the molecule is c1ccc2c(c1)-c1ccccc1C21c2ccccc2-c2c(-c3cccc4c3Oc3cccc5cccc-4c35)cccc21. The highest BCUT2D eigenvalue weighted by Gasteiger charge is 2.52. The molecule has 1 spiro atoms. The van der Waals surface area contributed by atoms with Crippen LogP contribution >= 0.6 is 0 Å². The molecule has 0 amide bonds. The average molecular weight is 533 g/mol. The Morgan fingerprint density at radius 1 is 0.357 bits per heavy atom. The lowest BCUT2D eigenvalue weighted by atomic mass is 9.70. The van der Waals surface area contributed by atoms with Crippen molar-refractivity contribution in [2.45, 2.75) is 5.41 Å². The van der Waals surface area contributed by atoms with E-state index in [-0.39, 0.29) is 5.41 Å². The highest BCUT2D eigenvalue weighted by Crippen LogP contribution is 2.64. The van der Waals surface area contributed by atoms with Gasteiger partial charge in [0, 0.05) is 16.5 Å². The van der Waals surface area contributed by atoms with Crippen molar-refractivity contribution in [3.8, 4) is 56.0 Å². The lowest BCUT2D eigenvalue weighted by molar-refractivity contribution is 0.489. The smallest absolute Gasteiger partial charge is 0.143 e. The average Bonchev–Trinajstić information content (AvgIpc) is 3.53. The molecular formula is C41H24O. The number of hydrogen-bond donors (Lipinski definition) is 0. The normalized spacial score (nSPS) is 14.1. The van der Waals surface area contributed by atoms with Gasteiger partial charge in [-0.1, -0.05) is 140 Å². The van der Waals surface area contributed by atoms with Crippen molar-refractivity contribution in [3.63, 3.8) is 0 Å². The number of hydrogen-bond acceptors (Lipinski definition) is 1. The van der Waals surface area contributed by atoms with Crippen LogP contribution < -0.4 is 4.74 Å². The fourth-order valence-corrected chi connectivity index (χ4v) is 8.17.